The Morgan fingerprint density at radius 3 is 2.62 bits per heavy atom. The Morgan fingerprint density at radius 1 is 1.46 bits per heavy atom. The van der Waals surface area contributed by atoms with Gasteiger partial charge in [-0.3, -0.25) is 5.43 Å². The first-order valence-corrected chi connectivity index (χ1v) is 3.99. The van der Waals surface area contributed by atoms with Crippen molar-refractivity contribution >= 4 is 6.03 Å². The van der Waals surface area contributed by atoms with Crippen LogP contribution < -0.4 is 11.3 Å². The average Bonchev–Trinajstić information content (AvgIpc) is 2.18. The van der Waals surface area contributed by atoms with E-state index in [4.69, 9.17) is 5.84 Å². The molecule has 0 aliphatic carbocycles. The molecular weight excluding hydrogens is 166 g/mol. The van der Waals surface area contributed by atoms with Crippen molar-refractivity contribution in [1.82, 2.24) is 10.3 Å². The topological polar surface area (TPSA) is 58.4 Å². The number of rotatable bonds is 2. The van der Waals surface area contributed by atoms with E-state index in [1.807, 2.05) is 30.3 Å². The normalized spacial score (nSPS) is 9.38. The number of carbonyl (C=O) groups is 1. The number of amides is 2. The number of nitrogens with zero attached hydrogens (tertiary/aromatic N) is 1. The molecule has 1 aromatic rings. The van der Waals surface area contributed by atoms with Crippen LogP contribution in [-0.2, 0) is 6.54 Å². The van der Waals surface area contributed by atoms with Crippen LogP contribution in [-0.4, -0.2) is 18.0 Å². The van der Waals surface area contributed by atoms with E-state index in [9.17, 15) is 4.79 Å². The van der Waals surface area contributed by atoms with Gasteiger partial charge < -0.3 is 4.90 Å². The van der Waals surface area contributed by atoms with Crippen molar-refractivity contribution in [3.63, 3.8) is 0 Å². The highest BCUT2D eigenvalue weighted by molar-refractivity contribution is 5.73. The van der Waals surface area contributed by atoms with Crippen LogP contribution in [0.3, 0.4) is 0 Å². The van der Waals surface area contributed by atoms with Gasteiger partial charge in [0.25, 0.3) is 0 Å². The minimum absolute atomic E-state index is 0.288. The van der Waals surface area contributed by atoms with Gasteiger partial charge in [0.15, 0.2) is 0 Å². The highest BCUT2D eigenvalue weighted by Gasteiger charge is 2.05. The molecule has 1 aromatic carbocycles. The summed E-state index contributed by atoms with van der Waals surface area (Å²) in [5, 5.41) is 0. The molecule has 13 heavy (non-hydrogen) atoms. The lowest BCUT2D eigenvalue weighted by atomic mass is 10.2. The molecule has 0 fully saturated rings. The van der Waals surface area contributed by atoms with Crippen LogP contribution in [0.4, 0.5) is 4.79 Å². The zero-order valence-electron chi connectivity index (χ0n) is 7.53. The predicted octanol–water partition coefficient (Wildman–Crippen LogP) is 0.702. The molecule has 0 unspecified atom stereocenters. The van der Waals surface area contributed by atoms with Gasteiger partial charge >= 0.3 is 6.03 Å². The Balaban J connectivity index is 2.55. The van der Waals surface area contributed by atoms with E-state index in [1.165, 1.54) is 4.90 Å². The first-order valence-electron chi connectivity index (χ1n) is 3.99. The van der Waals surface area contributed by atoms with E-state index in [0.717, 1.165) is 5.56 Å². The maximum Gasteiger partial charge on any atom is 0.331 e. The molecule has 1 rings (SSSR count). The number of carbonyl (C=O) groups excluding carboxylic acids is 1. The zero-order valence-corrected chi connectivity index (χ0v) is 7.53. The third kappa shape index (κ3) is 2.76. The van der Waals surface area contributed by atoms with E-state index in [0.29, 0.717) is 6.54 Å². The highest BCUT2D eigenvalue weighted by atomic mass is 16.2. The van der Waals surface area contributed by atoms with Crippen LogP contribution in [0.1, 0.15) is 5.56 Å². The Labute approximate surface area is 77.3 Å². The van der Waals surface area contributed by atoms with Gasteiger partial charge in [-0.15, -0.1) is 0 Å². The van der Waals surface area contributed by atoms with Gasteiger partial charge in [0.1, 0.15) is 0 Å². The Morgan fingerprint density at radius 2 is 2.08 bits per heavy atom. The monoisotopic (exact) mass is 179 g/mol. The number of hydrogen-bond donors (Lipinski definition) is 2. The Bertz CT molecular complexity index is 273. The summed E-state index contributed by atoms with van der Waals surface area (Å²) in [7, 11) is 1.69. The first kappa shape index (κ1) is 9.54. The van der Waals surface area contributed by atoms with E-state index >= 15 is 0 Å². The van der Waals surface area contributed by atoms with Crippen molar-refractivity contribution < 1.29 is 4.79 Å². The van der Waals surface area contributed by atoms with Crippen LogP contribution in [0.2, 0.25) is 0 Å². The fourth-order valence-electron chi connectivity index (χ4n) is 1.04. The highest BCUT2D eigenvalue weighted by Crippen LogP contribution is 2.01. The van der Waals surface area contributed by atoms with E-state index in [-0.39, 0.29) is 6.03 Å². The van der Waals surface area contributed by atoms with Crippen LogP contribution in [0.25, 0.3) is 0 Å². The summed E-state index contributed by atoms with van der Waals surface area (Å²) in [5.74, 6) is 4.99. The molecule has 0 aliphatic heterocycles. The van der Waals surface area contributed by atoms with Crippen LogP contribution in [0, 0.1) is 0 Å². The average molecular weight is 179 g/mol. The second kappa shape index (κ2) is 4.47. The minimum atomic E-state index is -0.288. The lowest BCUT2D eigenvalue weighted by Gasteiger charge is -2.15. The molecular formula is C9H13N3O. The van der Waals surface area contributed by atoms with Gasteiger partial charge in [-0.1, -0.05) is 30.3 Å². The molecule has 0 heterocycles. The van der Waals surface area contributed by atoms with Crippen molar-refractivity contribution in [3.8, 4) is 0 Å². The van der Waals surface area contributed by atoms with Crippen LogP contribution in [0.5, 0.6) is 0 Å². The molecule has 0 spiro atoms. The number of urea groups is 1. The molecule has 3 N–H and O–H groups in total. The summed E-state index contributed by atoms with van der Waals surface area (Å²) in [6.07, 6.45) is 0. The SMILES string of the molecule is CN(Cc1ccccc1)C(=O)NN. The fourth-order valence-corrected chi connectivity index (χ4v) is 1.04. The lowest BCUT2D eigenvalue weighted by Crippen LogP contribution is -2.40. The Kier molecular flexibility index (Phi) is 3.28. The summed E-state index contributed by atoms with van der Waals surface area (Å²) < 4.78 is 0. The summed E-state index contributed by atoms with van der Waals surface area (Å²) in [6, 6.07) is 9.43. The third-order valence-corrected chi connectivity index (χ3v) is 1.73. The van der Waals surface area contributed by atoms with E-state index < -0.39 is 0 Å². The van der Waals surface area contributed by atoms with Gasteiger partial charge in [0.05, 0.1) is 0 Å². The quantitative estimate of drug-likeness (QED) is 0.399. The molecule has 0 saturated carbocycles. The van der Waals surface area contributed by atoms with Gasteiger partial charge in [0, 0.05) is 13.6 Å². The largest absolute Gasteiger partial charge is 0.331 e. The summed E-state index contributed by atoms with van der Waals surface area (Å²) in [6.45, 7) is 0.559. The van der Waals surface area contributed by atoms with E-state index in [1.54, 1.807) is 7.05 Å². The molecule has 4 nitrogen and oxygen atoms in total. The predicted molar refractivity (Wildman–Crippen MR) is 50.6 cm³/mol. The van der Waals surface area contributed by atoms with Gasteiger partial charge in [-0.25, -0.2) is 10.6 Å². The Hall–Kier alpha value is -1.55. The van der Waals surface area contributed by atoms with Crippen molar-refractivity contribution in [2.24, 2.45) is 5.84 Å². The molecule has 0 radical (unpaired) electrons. The smallest absolute Gasteiger partial charge is 0.322 e. The zero-order chi connectivity index (χ0) is 9.68. The van der Waals surface area contributed by atoms with Gasteiger partial charge in [0.2, 0.25) is 0 Å². The first-order chi connectivity index (χ1) is 6.24. The molecule has 2 amide bonds. The fraction of sp³-hybridized carbons (Fsp3) is 0.222. The van der Waals surface area contributed by atoms with Crippen LogP contribution >= 0.6 is 0 Å². The molecule has 70 valence electrons. The maximum absolute atomic E-state index is 11.0. The summed E-state index contributed by atoms with van der Waals surface area (Å²) in [5.41, 5.74) is 3.15. The minimum Gasteiger partial charge on any atom is -0.322 e. The molecule has 4 heteroatoms. The lowest BCUT2D eigenvalue weighted by molar-refractivity contribution is 0.207. The van der Waals surface area contributed by atoms with Gasteiger partial charge in [-0.05, 0) is 5.56 Å². The summed E-state index contributed by atoms with van der Waals surface area (Å²) in [4.78, 5) is 12.5. The number of nitrogens with one attached hydrogen (secondary N) is 1. The second-order valence-electron chi connectivity index (χ2n) is 2.79. The van der Waals surface area contributed by atoms with Crippen molar-refractivity contribution in [3.05, 3.63) is 35.9 Å². The second-order valence-corrected chi connectivity index (χ2v) is 2.79. The molecule has 0 aliphatic rings. The van der Waals surface area contributed by atoms with Crippen molar-refractivity contribution in [1.29, 1.82) is 0 Å². The maximum atomic E-state index is 11.0. The van der Waals surface area contributed by atoms with Gasteiger partial charge in [-0.2, -0.15) is 0 Å². The summed E-state index contributed by atoms with van der Waals surface area (Å²) >= 11 is 0. The number of benzene rings is 1. The number of hydrazine groups is 1. The number of hydrogen-bond acceptors (Lipinski definition) is 2. The van der Waals surface area contributed by atoms with E-state index in [2.05, 4.69) is 5.43 Å². The molecule has 0 atom stereocenters. The van der Waals surface area contributed by atoms with Crippen molar-refractivity contribution in [2.75, 3.05) is 7.05 Å². The van der Waals surface area contributed by atoms with Crippen molar-refractivity contribution in [2.45, 2.75) is 6.54 Å². The van der Waals surface area contributed by atoms with Crippen LogP contribution in [0.15, 0.2) is 30.3 Å². The number of nitrogens with two attached hydrogens (primary N) is 1. The standard InChI is InChI=1S/C9H13N3O/c1-12(9(13)11-10)7-8-5-3-2-4-6-8/h2-6H,7,10H2,1H3,(H,11,13). The molecule has 0 saturated heterocycles. The molecule has 0 aromatic heterocycles. The third-order valence-electron chi connectivity index (χ3n) is 1.73. The molecule has 0 bridgehead atoms.